The van der Waals surface area contributed by atoms with Crippen LogP contribution in [0.3, 0.4) is 0 Å². The summed E-state index contributed by atoms with van der Waals surface area (Å²) in [6, 6.07) is 30.8. The number of rotatable bonds is 6. The normalized spacial score (nSPS) is 15.0. The molecule has 6 nitrogen and oxygen atoms in total. The summed E-state index contributed by atoms with van der Waals surface area (Å²) in [4.78, 5) is 37.7. The van der Waals surface area contributed by atoms with E-state index in [0.29, 0.717) is 0 Å². The van der Waals surface area contributed by atoms with Gasteiger partial charge in [0.2, 0.25) is 0 Å². The first-order valence-electron chi connectivity index (χ1n) is 11.9. The highest BCUT2D eigenvalue weighted by molar-refractivity contribution is 5.58. The molecule has 0 aliphatic carbocycles. The van der Waals surface area contributed by atoms with E-state index < -0.39 is 0 Å². The third-order valence-corrected chi connectivity index (χ3v) is 6.05. The minimum Gasteiger partial charge on any atom is -0.325 e. The van der Waals surface area contributed by atoms with Gasteiger partial charge in [-0.1, -0.05) is 86.6 Å². The fraction of sp³-hybridized carbons (Fsp3) is 0.267. The first-order chi connectivity index (χ1) is 17.5. The number of allylic oxidation sites excluding steroid dienone is 1. The fourth-order valence-corrected chi connectivity index (χ4v) is 4.66. The van der Waals surface area contributed by atoms with Crippen molar-refractivity contribution in [3.63, 3.8) is 0 Å². The van der Waals surface area contributed by atoms with Gasteiger partial charge in [-0.15, -0.1) is 0 Å². The Morgan fingerprint density at radius 3 is 1.89 bits per heavy atom. The summed E-state index contributed by atoms with van der Waals surface area (Å²) in [5, 5.41) is 0. The molecule has 4 rings (SSSR count). The van der Waals surface area contributed by atoms with Gasteiger partial charge in [0, 0.05) is 24.5 Å². The van der Waals surface area contributed by atoms with Gasteiger partial charge in [-0.2, -0.15) is 19.2 Å². The highest BCUT2D eigenvalue weighted by Gasteiger charge is 2.35. The lowest BCUT2D eigenvalue weighted by molar-refractivity contribution is -0.193. The van der Waals surface area contributed by atoms with Crippen LogP contribution in [0.15, 0.2) is 96.2 Å². The van der Waals surface area contributed by atoms with Gasteiger partial charge in [-0.3, -0.25) is 4.90 Å². The smallest absolute Gasteiger partial charge is 0.325 e. The van der Waals surface area contributed by atoms with Gasteiger partial charge in [0.05, 0.1) is 0 Å². The van der Waals surface area contributed by atoms with E-state index in [1.165, 1.54) is 28.1 Å². The largest absolute Gasteiger partial charge is 0.373 e. The molecule has 1 unspecified atom stereocenters. The molecule has 0 saturated heterocycles. The lowest BCUT2D eigenvalue weighted by atomic mass is 9.97. The van der Waals surface area contributed by atoms with E-state index >= 15 is 0 Å². The molecule has 0 aromatic heterocycles. The van der Waals surface area contributed by atoms with E-state index in [9.17, 15) is 0 Å². The molecule has 0 spiro atoms. The molecule has 6 heteroatoms. The van der Waals surface area contributed by atoms with Crippen LogP contribution in [0.25, 0.3) is 0 Å². The Morgan fingerprint density at radius 2 is 1.36 bits per heavy atom. The average Bonchev–Trinajstić information content (AvgIpc) is 2.90. The van der Waals surface area contributed by atoms with Crippen molar-refractivity contribution < 1.29 is 19.2 Å². The maximum absolute atomic E-state index is 8.12. The molecule has 1 aliphatic heterocycles. The maximum atomic E-state index is 8.12. The van der Waals surface area contributed by atoms with Crippen LogP contribution >= 0.6 is 0 Å². The molecule has 36 heavy (non-hydrogen) atoms. The van der Waals surface area contributed by atoms with Gasteiger partial charge in [0.25, 0.3) is 0 Å². The van der Waals surface area contributed by atoms with Gasteiger partial charge < -0.3 is 4.90 Å². The number of aryl methyl sites for hydroxylation is 1. The summed E-state index contributed by atoms with van der Waals surface area (Å²) < 4.78 is 0. The minimum atomic E-state index is 0.179. The number of hydrogen-bond acceptors (Lipinski definition) is 6. The Hall–Kier alpha value is -4.08. The predicted octanol–water partition coefficient (Wildman–Crippen LogP) is 5.92. The number of carbonyl (C=O) groups excluding carboxylic acids is 4. The van der Waals surface area contributed by atoms with Gasteiger partial charge in [0.1, 0.15) is 6.17 Å². The lowest BCUT2D eigenvalue weighted by Crippen LogP contribution is -2.46. The molecule has 0 amide bonds. The van der Waals surface area contributed by atoms with E-state index in [0.717, 1.165) is 25.9 Å². The third kappa shape index (κ3) is 7.46. The molecule has 0 N–H and O–H groups in total. The predicted molar refractivity (Wildman–Crippen MR) is 137 cm³/mol. The van der Waals surface area contributed by atoms with E-state index in [2.05, 4.69) is 116 Å². The SMILES string of the molecule is CCC1=C(CC)N(c2cccc(C)c2)C(c2ccccc2)N(Cc2ccccc2)C1.O=C=O.O=C=O. The number of benzene rings is 3. The molecule has 1 heterocycles. The molecular formula is C30H32N2O4. The summed E-state index contributed by atoms with van der Waals surface area (Å²) in [5.41, 5.74) is 8.30. The molecule has 1 aliphatic rings. The Morgan fingerprint density at radius 1 is 0.778 bits per heavy atom. The molecule has 0 bridgehead atoms. The first-order valence-corrected chi connectivity index (χ1v) is 11.9. The van der Waals surface area contributed by atoms with Crippen LogP contribution < -0.4 is 4.90 Å². The quantitative estimate of drug-likeness (QED) is 0.432. The fourth-order valence-electron chi connectivity index (χ4n) is 4.66. The maximum Gasteiger partial charge on any atom is 0.373 e. The van der Waals surface area contributed by atoms with E-state index in [1.54, 1.807) is 5.57 Å². The zero-order valence-corrected chi connectivity index (χ0v) is 21.0. The number of hydrogen-bond donors (Lipinski definition) is 0. The van der Waals surface area contributed by atoms with Crippen LogP contribution in [0.1, 0.15) is 49.5 Å². The zero-order chi connectivity index (χ0) is 26.3. The van der Waals surface area contributed by atoms with Crippen LogP contribution in [0.4, 0.5) is 5.69 Å². The van der Waals surface area contributed by atoms with Crippen molar-refractivity contribution in [1.29, 1.82) is 0 Å². The second-order valence-electron chi connectivity index (χ2n) is 8.31. The van der Waals surface area contributed by atoms with Crippen LogP contribution in [-0.4, -0.2) is 23.7 Å². The summed E-state index contributed by atoms with van der Waals surface area (Å²) in [6.45, 7) is 8.72. The van der Waals surface area contributed by atoms with Crippen LogP contribution in [0.5, 0.6) is 0 Å². The molecule has 1 atom stereocenters. The molecule has 3 aromatic carbocycles. The topological polar surface area (TPSA) is 74.8 Å². The summed E-state index contributed by atoms with van der Waals surface area (Å²) in [5.74, 6) is 0. The Labute approximate surface area is 212 Å². The second-order valence-corrected chi connectivity index (χ2v) is 8.31. The van der Waals surface area contributed by atoms with Crippen LogP contribution in [0.2, 0.25) is 0 Å². The zero-order valence-electron chi connectivity index (χ0n) is 21.0. The molecule has 0 fully saturated rings. The van der Waals surface area contributed by atoms with Crippen molar-refractivity contribution in [2.75, 3.05) is 11.4 Å². The highest BCUT2D eigenvalue weighted by Crippen LogP contribution is 2.41. The molecule has 0 saturated carbocycles. The summed E-state index contributed by atoms with van der Waals surface area (Å²) in [6.07, 6.45) is 2.80. The third-order valence-electron chi connectivity index (χ3n) is 6.05. The molecule has 186 valence electrons. The van der Waals surface area contributed by atoms with Gasteiger partial charge in [-0.05, 0) is 54.2 Å². The van der Waals surface area contributed by atoms with E-state index in [4.69, 9.17) is 19.2 Å². The van der Waals surface area contributed by atoms with E-state index in [1.807, 2.05) is 0 Å². The number of anilines is 1. The van der Waals surface area contributed by atoms with Crippen LogP contribution in [-0.2, 0) is 25.7 Å². The Bertz CT molecular complexity index is 1170. The highest BCUT2D eigenvalue weighted by atomic mass is 16.2. The average molecular weight is 485 g/mol. The van der Waals surface area contributed by atoms with Crippen molar-refractivity contribution in [1.82, 2.24) is 4.90 Å². The lowest BCUT2D eigenvalue weighted by Gasteiger charge is -2.47. The Kier molecular flexibility index (Phi) is 11.8. The van der Waals surface area contributed by atoms with Crippen molar-refractivity contribution in [2.24, 2.45) is 0 Å². The molecule has 0 radical (unpaired) electrons. The van der Waals surface area contributed by atoms with Crippen LogP contribution in [0, 0.1) is 6.92 Å². The molecule has 3 aromatic rings. The minimum absolute atomic E-state index is 0.179. The van der Waals surface area contributed by atoms with Gasteiger partial charge >= 0.3 is 12.3 Å². The first kappa shape index (κ1) is 28.2. The molecular weight excluding hydrogens is 452 g/mol. The van der Waals surface area contributed by atoms with Gasteiger partial charge in [-0.25, -0.2) is 0 Å². The van der Waals surface area contributed by atoms with Gasteiger partial charge in [0.15, 0.2) is 0 Å². The Balaban J connectivity index is 0.000000693. The monoisotopic (exact) mass is 484 g/mol. The summed E-state index contributed by atoms with van der Waals surface area (Å²) >= 11 is 0. The summed E-state index contributed by atoms with van der Waals surface area (Å²) in [7, 11) is 0. The number of nitrogens with zero attached hydrogens (tertiary/aromatic N) is 2. The van der Waals surface area contributed by atoms with Crippen molar-refractivity contribution in [2.45, 2.75) is 46.3 Å². The van der Waals surface area contributed by atoms with Crippen molar-refractivity contribution >= 4 is 18.0 Å². The van der Waals surface area contributed by atoms with Crippen molar-refractivity contribution in [3.05, 3.63) is 113 Å². The second kappa shape index (κ2) is 15.0. The standard InChI is InChI=1S/C28H32N2.2CO2/c1-4-24-21-29(20-23-14-8-6-9-15-23)28(25-16-10-7-11-17-25)30(27(24)5-2)26-18-12-13-22(3)19-26;2*2-1-3/h6-19,28H,4-5,20-21H2,1-3H3;;. The van der Waals surface area contributed by atoms with E-state index in [-0.39, 0.29) is 18.5 Å². The van der Waals surface area contributed by atoms with Crippen molar-refractivity contribution in [3.8, 4) is 0 Å².